The summed E-state index contributed by atoms with van der Waals surface area (Å²) in [5.74, 6) is 0.897. The third kappa shape index (κ3) is 3.06. The summed E-state index contributed by atoms with van der Waals surface area (Å²) in [6, 6.07) is 6.14. The number of allylic oxidation sites excluding steroid dienone is 3. The van der Waals surface area contributed by atoms with Crippen LogP contribution in [0.4, 0.5) is 5.69 Å². The first kappa shape index (κ1) is 15.2. The number of hydrogen-bond acceptors (Lipinski definition) is 2. The second-order valence-electron chi connectivity index (χ2n) is 5.63. The number of anilines is 1. The zero-order chi connectivity index (χ0) is 16.4. The van der Waals surface area contributed by atoms with E-state index in [1.807, 2.05) is 37.0 Å². The van der Waals surface area contributed by atoms with E-state index in [0.29, 0.717) is 6.61 Å². The van der Waals surface area contributed by atoms with Crippen molar-refractivity contribution < 1.29 is 9.42 Å². The summed E-state index contributed by atoms with van der Waals surface area (Å²) < 4.78 is 7.50. The van der Waals surface area contributed by atoms with Gasteiger partial charge in [0.15, 0.2) is 7.05 Å². The number of rotatable bonds is 4. The lowest BCUT2D eigenvalue weighted by Crippen LogP contribution is -2.28. The first-order valence-corrected chi connectivity index (χ1v) is 7.74. The summed E-state index contributed by atoms with van der Waals surface area (Å²) in [5, 5.41) is 3.15. The van der Waals surface area contributed by atoms with Crippen LogP contribution in [0.3, 0.4) is 0 Å². The molecule has 1 aliphatic rings. The minimum atomic E-state index is 0.673. The SMILES string of the molecule is C=C1C=CC(c2c[nH][n+](C)c2)=CN1c1ccc(OCC)cc1C. The van der Waals surface area contributed by atoms with Crippen LogP contribution in [-0.2, 0) is 7.05 Å². The van der Waals surface area contributed by atoms with Crippen LogP contribution in [0.5, 0.6) is 5.75 Å². The second-order valence-corrected chi connectivity index (χ2v) is 5.63. The summed E-state index contributed by atoms with van der Waals surface area (Å²) in [4.78, 5) is 2.12. The van der Waals surface area contributed by atoms with Crippen LogP contribution in [-0.4, -0.2) is 11.7 Å². The van der Waals surface area contributed by atoms with Crippen LogP contribution in [0.15, 0.2) is 61.2 Å². The Morgan fingerprint density at radius 2 is 2.13 bits per heavy atom. The van der Waals surface area contributed by atoms with Crippen molar-refractivity contribution >= 4 is 11.3 Å². The molecule has 0 bridgehead atoms. The molecule has 2 aromatic rings. The molecule has 2 heterocycles. The fourth-order valence-corrected chi connectivity index (χ4v) is 2.69. The first-order chi connectivity index (χ1) is 11.1. The van der Waals surface area contributed by atoms with Gasteiger partial charge < -0.3 is 9.64 Å². The molecule has 3 rings (SSSR count). The maximum absolute atomic E-state index is 5.57. The second kappa shape index (κ2) is 6.16. The maximum atomic E-state index is 5.57. The summed E-state index contributed by atoms with van der Waals surface area (Å²) in [6.45, 7) is 8.91. The van der Waals surface area contributed by atoms with Gasteiger partial charge in [-0.1, -0.05) is 12.7 Å². The van der Waals surface area contributed by atoms with Crippen LogP contribution in [0.1, 0.15) is 18.1 Å². The molecular formula is C19H22N3O+. The van der Waals surface area contributed by atoms with E-state index in [-0.39, 0.29) is 0 Å². The molecule has 118 valence electrons. The predicted molar refractivity (Wildman–Crippen MR) is 93.1 cm³/mol. The van der Waals surface area contributed by atoms with Crippen molar-refractivity contribution in [2.45, 2.75) is 13.8 Å². The number of aryl methyl sites for hydroxylation is 2. The molecule has 23 heavy (non-hydrogen) atoms. The van der Waals surface area contributed by atoms with Crippen LogP contribution >= 0.6 is 0 Å². The Morgan fingerprint density at radius 3 is 2.78 bits per heavy atom. The molecule has 0 amide bonds. The highest BCUT2D eigenvalue weighted by Gasteiger charge is 2.16. The number of H-pyrrole nitrogens is 1. The Bertz CT molecular complexity index is 799. The van der Waals surface area contributed by atoms with Gasteiger partial charge in [0.05, 0.1) is 18.4 Å². The van der Waals surface area contributed by atoms with Crippen molar-refractivity contribution in [1.82, 2.24) is 5.10 Å². The minimum Gasteiger partial charge on any atom is -0.494 e. The lowest BCUT2D eigenvalue weighted by atomic mass is 10.1. The van der Waals surface area contributed by atoms with Gasteiger partial charge in [-0.25, -0.2) is 0 Å². The molecule has 0 saturated carbocycles. The number of nitrogens with one attached hydrogen (secondary N) is 1. The number of ether oxygens (including phenoxy) is 1. The van der Waals surface area contributed by atoms with E-state index in [1.54, 1.807) is 0 Å². The van der Waals surface area contributed by atoms with E-state index >= 15 is 0 Å². The van der Waals surface area contributed by atoms with Gasteiger partial charge in [0.2, 0.25) is 6.20 Å². The number of nitrogens with zero attached hydrogens (tertiary/aromatic N) is 2. The third-order valence-electron chi connectivity index (χ3n) is 3.86. The molecule has 1 aromatic heterocycles. The molecule has 1 N–H and O–H groups in total. The predicted octanol–water partition coefficient (Wildman–Crippen LogP) is 3.48. The van der Waals surface area contributed by atoms with Gasteiger partial charge in [-0.15, -0.1) is 4.68 Å². The van der Waals surface area contributed by atoms with Gasteiger partial charge in [-0.2, -0.15) is 5.10 Å². The smallest absolute Gasteiger partial charge is 0.202 e. The Labute approximate surface area is 137 Å². The van der Waals surface area contributed by atoms with Crippen molar-refractivity contribution in [2.24, 2.45) is 7.05 Å². The molecule has 0 atom stereocenters. The molecule has 1 aromatic carbocycles. The average Bonchev–Trinajstić information content (AvgIpc) is 2.95. The van der Waals surface area contributed by atoms with Gasteiger partial charge in [-0.3, -0.25) is 0 Å². The topological polar surface area (TPSA) is 32.1 Å². The van der Waals surface area contributed by atoms with E-state index in [0.717, 1.165) is 33.8 Å². The Kier molecular flexibility index (Phi) is 4.06. The van der Waals surface area contributed by atoms with Crippen molar-refractivity contribution in [2.75, 3.05) is 11.5 Å². The van der Waals surface area contributed by atoms with Crippen LogP contribution in [0.2, 0.25) is 0 Å². The molecule has 0 unspecified atom stereocenters. The highest BCUT2D eigenvalue weighted by molar-refractivity contribution is 5.80. The highest BCUT2D eigenvalue weighted by Crippen LogP contribution is 2.32. The monoisotopic (exact) mass is 308 g/mol. The fourth-order valence-electron chi connectivity index (χ4n) is 2.69. The molecule has 0 radical (unpaired) electrons. The number of aromatic amines is 1. The fraction of sp³-hybridized carbons (Fsp3) is 0.211. The summed E-state index contributed by atoms with van der Waals surface area (Å²) in [5.41, 5.74) is 5.50. The molecule has 0 aliphatic carbocycles. The molecule has 4 nitrogen and oxygen atoms in total. The zero-order valence-electron chi connectivity index (χ0n) is 13.8. The Hall–Kier alpha value is -2.75. The summed E-state index contributed by atoms with van der Waals surface area (Å²) >= 11 is 0. The van der Waals surface area contributed by atoms with E-state index in [1.165, 1.54) is 0 Å². The summed E-state index contributed by atoms with van der Waals surface area (Å²) in [7, 11) is 1.98. The lowest BCUT2D eigenvalue weighted by Gasteiger charge is -2.26. The van der Waals surface area contributed by atoms with Crippen molar-refractivity contribution in [3.8, 4) is 5.75 Å². The van der Waals surface area contributed by atoms with E-state index in [9.17, 15) is 0 Å². The normalized spacial score (nSPS) is 14.1. The Balaban J connectivity index is 1.96. The van der Waals surface area contributed by atoms with Crippen molar-refractivity contribution in [3.63, 3.8) is 0 Å². The van der Waals surface area contributed by atoms with Gasteiger partial charge in [-0.05, 0) is 43.7 Å². The van der Waals surface area contributed by atoms with Gasteiger partial charge >= 0.3 is 0 Å². The van der Waals surface area contributed by atoms with Crippen LogP contribution in [0.25, 0.3) is 5.57 Å². The standard InChI is InChI=1S/C19H21N3O/c1-5-23-18-8-9-19(14(2)10-18)22-13-16(7-6-15(22)3)17-11-20-21(4)12-17/h6-13H,3,5H2,1-2,4H3/p+1. The number of benzene rings is 1. The summed E-state index contributed by atoms with van der Waals surface area (Å²) in [6.07, 6.45) is 10.3. The zero-order valence-corrected chi connectivity index (χ0v) is 13.8. The van der Waals surface area contributed by atoms with E-state index in [2.05, 4.69) is 54.1 Å². The van der Waals surface area contributed by atoms with Crippen LogP contribution in [0, 0.1) is 6.92 Å². The van der Waals surface area contributed by atoms with E-state index in [4.69, 9.17) is 4.74 Å². The van der Waals surface area contributed by atoms with Crippen LogP contribution < -0.4 is 14.3 Å². The lowest BCUT2D eigenvalue weighted by molar-refractivity contribution is -0.726. The molecular weight excluding hydrogens is 286 g/mol. The van der Waals surface area contributed by atoms with Crippen molar-refractivity contribution in [1.29, 1.82) is 0 Å². The van der Waals surface area contributed by atoms with Gasteiger partial charge in [0.1, 0.15) is 5.75 Å². The molecule has 0 saturated heterocycles. The molecule has 4 heteroatoms. The maximum Gasteiger partial charge on any atom is 0.202 e. The van der Waals surface area contributed by atoms with Gasteiger partial charge in [0, 0.05) is 23.2 Å². The third-order valence-corrected chi connectivity index (χ3v) is 3.86. The highest BCUT2D eigenvalue weighted by atomic mass is 16.5. The van der Waals surface area contributed by atoms with Crippen molar-refractivity contribution in [3.05, 3.63) is 72.3 Å². The van der Waals surface area contributed by atoms with Gasteiger partial charge in [0.25, 0.3) is 0 Å². The largest absolute Gasteiger partial charge is 0.494 e. The average molecular weight is 308 g/mol. The Morgan fingerprint density at radius 1 is 1.30 bits per heavy atom. The minimum absolute atomic E-state index is 0.673. The molecule has 0 spiro atoms. The quantitative estimate of drug-likeness (QED) is 0.877. The molecule has 0 fully saturated rings. The first-order valence-electron chi connectivity index (χ1n) is 7.74. The molecule has 1 aliphatic heterocycles. The number of aromatic nitrogens is 2. The number of hydrogen-bond donors (Lipinski definition) is 1. The van der Waals surface area contributed by atoms with E-state index < -0.39 is 0 Å².